The number of rotatable bonds is 7. The number of para-hydroxylation sites is 1. The molecule has 0 unspecified atom stereocenters. The van der Waals surface area contributed by atoms with Crippen LogP contribution in [0.25, 0.3) is 92.2 Å². The van der Waals surface area contributed by atoms with Gasteiger partial charge in [-0.05, 0) is 117 Å². The summed E-state index contributed by atoms with van der Waals surface area (Å²) in [6.45, 7) is 4.60. The summed E-state index contributed by atoms with van der Waals surface area (Å²) < 4.78 is 5.07. The van der Waals surface area contributed by atoms with Gasteiger partial charge in [-0.1, -0.05) is 165 Å². The Morgan fingerprint density at radius 3 is 1.73 bits per heavy atom. The summed E-state index contributed by atoms with van der Waals surface area (Å²) in [5, 5.41) is 5.17. The Balaban J connectivity index is 0.991. The standard InChI is InChI=1S/C57H41NS/c1-37-13-9-10-18-47(37)52-33-43(24-29-48(52)38(2)42-23-30-50-51-31-25-45(40-16-7-4-8-17-40)36-57(51)59-56(50)35-42)44-26-32-55-53(34-44)49-19-11-12-20-54(49)58(55)46-27-21-41(22-28-46)39-14-5-3-6-15-39/h3-36,38H,1-2H3/t38-/m0/s1. The van der Waals surface area contributed by atoms with Crippen molar-refractivity contribution in [3.8, 4) is 50.2 Å². The second-order valence-corrected chi connectivity index (χ2v) is 16.9. The lowest BCUT2D eigenvalue weighted by Crippen LogP contribution is -2.00. The van der Waals surface area contributed by atoms with Gasteiger partial charge in [0.2, 0.25) is 0 Å². The van der Waals surface area contributed by atoms with E-state index in [9.17, 15) is 0 Å². The number of benzene rings is 9. The molecule has 0 bridgehead atoms. The SMILES string of the molecule is Cc1ccccc1-c1cc(-c2ccc3c(c2)c2ccccc2n3-c2ccc(-c3ccccc3)cc2)ccc1[C@@H](C)c1ccc2c(c1)sc1cc(-c3ccccc3)ccc12. The van der Waals surface area contributed by atoms with Gasteiger partial charge in [0, 0.05) is 42.6 Å². The molecule has 0 aliphatic rings. The van der Waals surface area contributed by atoms with Gasteiger partial charge in [0.1, 0.15) is 0 Å². The van der Waals surface area contributed by atoms with E-state index in [1.54, 1.807) is 0 Å². The molecule has 59 heavy (non-hydrogen) atoms. The third kappa shape index (κ3) is 6.16. The van der Waals surface area contributed by atoms with Crippen LogP contribution in [-0.4, -0.2) is 4.57 Å². The van der Waals surface area contributed by atoms with Crippen LogP contribution in [0, 0.1) is 6.92 Å². The molecule has 0 saturated heterocycles. The number of thiophene rings is 1. The van der Waals surface area contributed by atoms with Gasteiger partial charge in [-0.25, -0.2) is 0 Å². The Morgan fingerprint density at radius 1 is 0.390 bits per heavy atom. The van der Waals surface area contributed by atoms with Crippen molar-refractivity contribution in [2.45, 2.75) is 19.8 Å². The Kier molecular flexibility index (Phi) is 8.61. The summed E-state index contributed by atoms with van der Waals surface area (Å²) in [4.78, 5) is 0. The zero-order chi connectivity index (χ0) is 39.5. The molecule has 11 rings (SSSR count). The average molecular weight is 772 g/mol. The molecule has 0 amide bonds. The van der Waals surface area contributed by atoms with Crippen molar-refractivity contribution in [1.82, 2.24) is 4.57 Å². The van der Waals surface area contributed by atoms with E-state index in [-0.39, 0.29) is 5.92 Å². The van der Waals surface area contributed by atoms with Gasteiger partial charge in [-0.3, -0.25) is 0 Å². The lowest BCUT2D eigenvalue weighted by molar-refractivity contribution is 0.927. The smallest absolute Gasteiger partial charge is 0.0541 e. The summed E-state index contributed by atoms with van der Waals surface area (Å²) in [7, 11) is 0. The Labute approximate surface area is 349 Å². The maximum atomic E-state index is 2.43. The Hall–Kier alpha value is -7.00. The molecular weight excluding hydrogens is 731 g/mol. The van der Waals surface area contributed by atoms with Crippen molar-refractivity contribution in [2.75, 3.05) is 0 Å². The van der Waals surface area contributed by atoms with Crippen LogP contribution in [0.1, 0.15) is 29.5 Å². The highest BCUT2D eigenvalue weighted by atomic mass is 32.1. The molecule has 1 atom stereocenters. The average Bonchev–Trinajstić information content (AvgIpc) is 3.84. The van der Waals surface area contributed by atoms with Crippen molar-refractivity contribution >= 4 is 53.3 Å². The van der Waals surface area contributed by atoms with E-state index >= 15 is 0 Å². The molecule has 0 radical (unpaired) electrons. The highest BCUT2D eigenvalue weighted by molar-refractivity contribution is 7.25. The number of hydrogen-bond donors (Lipinski definition) is 0. The van der Waals surface area contributed by atoms with E-state index in [0.29, 0.717) is 0 Å². The molecule has 0 saturated carbocycles. The Morgan fingerprint density at radius 2 is 0.949 bits per heavy atom. The molecule has 0 N–H and O–H groups in total. The summed E-state index contributed by atoms with van der Waals surface area (Å²) in [5.41, 5.74) is 17.5. The van der Waals surface area contributed by atoms with E-state index in [1.807, 2.05) is 11.3 Å². The lowest BCUT2D eigenvalue weighted by Gasteiger charge is -2.20. The van der Waals surface area contributed by atoms with Crippen LogP contribution in [0.15, 0.2) is 206 Å². The molecule has 0 aliphatic heterocycles. The molecule has 11 aromatic rings. The van der Waals surface area contributed by atoms with Crippen LogP contribution in [0.2, 0.25) is 0 Å². The van der Waals surface area contributed by atoms with E-state index in [1.165, 1.54) is 103 Å². The van der Waals surface area contributed by atoms with Crippen molar-refractivity contribution in [3.05, 3.63) is 223 Å². The van der Waals surface area contributed by atoms with E-state index < -0.39 is 0 Å². The van der Waals surface area contributed by atoms with Crippen molar-refractivity contribution < 1.29 is 0 Å². The first-order chi connectivity index (χ1) is 29.1. The van der Waals surface area contributed by atoms with Crippen LogP contribution in [0.4, 0.5) is 0 Å². The van der Waals surface area contributed by atoms with Gasteiger partial charge in [0.05, 0.1) is 11.0 Å². The molecule has 280 valence electrons. The zero-order valence-corrected chi connectivity index (χ0v) is 33.9. The first kappa shape index (κ1) is 35.2. The van der Waals surface area contributed by atoms with Crippen molar-refractivity contribution in [1.29, 1.82) is 0 Å². The maximum Gasteiger partial charge on any atom is 0.0541 e. The third-order valence-corrected chi connectivity index (χ3v) is 13.4. The largest absolute Gasteiger partial charge is 0.309 e. The minimum absolute atomic E-state index is 0.196. The molecule has 0 spiro atoms. The van der Waals surface area contributed by atoms with E-state index in [0.717, 1.165) is 5.69 Å². The second-order valence-electron chi connectivity index (χ2n) is 15.8. The van der Waals surface area contributed by atoms with Crippen molar-refractivity contribution in [2.24, 2.45) is 0 Å². The maximum absolute atomic E-state index is 2.43. The van der Waals surface area contributed by atoms with E-state index in [4.69, 9.17) is 0 Å². The summed E-state index contributed by atoms with van der Waals surface area (Å²) in [5.74, 6) is 0.196. The number of aromatic nitrogens is 1. The predicted octanol–water partition coefficient (Wildman–Crippen LogP) is 16.3. The van der Waals surface area contributed by atoms with Gasteiger partial charge in [0.15, 0.2) is 0 Å². The van der Waals surface area contributed by atoms with Gasteiger partial charge < -0.3 is 4.57 Å². The highest BCUT2D eigenvalue weighted by Crippen LogP contribution is 2.42. The number of fused-ring (bicyclic) bond motifs is 6. The molecule has 1 nitrogen and oxygen atoms in total. The van der Waals surface area contributed by atoms with Crippen molar-refractivity contribution in [3.63, 3.8) is 0 Å². The van der Waals surface area contributed by atoms with Crippen LogP contribution in [0.3, 0.4) is 0 Å². The van der Waals surface area contributed by atoms with Gasteiger partial charge >= 0.3 is 0 Å². The molecular formula is C57H41NS. The molecule has 9 aromatic carbocycles. The first-order valence-electron chi connectivity index (χ1n) is 20.5. The second kappa shape index (κ2) is 14.4. The molecule has 0 aliphatic carbocycles. The molecule has 0 fully saturated rings. The highest BCUT2D eigenvalue weighted by Gasteiger charge is 2.19. The van der Waals surface area contributed by atoms with Crippen LogP contribution < -0.4 is 0 Å². The van der Waals surface area contributed by atoms with E-state index in [2.05, 4.69) is 225 Å². The Bertz CT molecular complexity index is 3330. The quantitative estimate of drug-likeness (QED) is 0.152. The van der Waals surface area contributed by atoms with Gasteiger partial charge in [-0.2, -0.15) is 0 Å². The number of nitrogens with zero attached hydrogens (tertiary/aromatic N) is 1. The monoisotopic (exact) mass is 771 g/mol. The summed E-state index contributed by atoms with van der Waals surface area (Å²) >= 11 is 1.90. The van der Waals surface area contributed by atoms with Gasteiger partial charge in [0.25, 0.3) is 0 Å². The predicted molar refractivity (Wildman–Crippen MR) is 254 cm³/mol. The summed E-state index contributed by atoms with van der Waals surface area (Å²) in [6.07, 6.45) is 0. The fourth-order valence-electron chi connectivity index (χ4n) is 9.14. The number of hydrogen-bond acceptors (Lipinski definition) is 1. The molecule has 2 heteroatoms. The minimum atomic E-state index is 0.196. The molecule has 2 aromatic heterocycles. The third-order valence-electron chi connectivity index (χ3n) is 12.3. The topological polar surface area (TPSA) is 4.93 Å². The fraction of sp³-hybridized carbons (Fsp3) is 0.0526. The first-order valence-corrected chi connectivity index (χ1v) is 21.3. The van der Waals surface area contributed by atoms with Gasteiger partial charge in [-0.15, -0.1) is 11.3 Å². The fourth-order valence-corrected chi connectivity index (χ4v) is 10.3. The zero-order valence-electron chi connectivity index (χ0n) is 33.1. The molecule has 2 heterocycles. The normalized spacial score (nSPS) is 12.2. The number of aryl methyl sites for hydroxylation is 1. The van der Waals surface area contributed by atoms with Crippen LogP contribution in [0.5, 0.6) is 0 Å². The van der Waals surface area contributed by atoms with Crippen LogP contribution in [-0.2, 0) is 0 Å². The minimum Gasteiger partial charge on any atom is -0.309 e. The lowest BCUT2D eigenvalue weighted by atomic mass is 9.84. The summed E-state index contributed by atoms with van der Waals surface area (Å²) in [6, 6.07) is 76.0. The van der Waals surface area contributed by atoms with Crippen LogP contribution >= 0.6 is 11.3 Å².